The van der Waals surface area contributed by atoms with Crippen LogP contribution in [-0.2, 0) is 12.3 Å². The van der Waals surface area contributed by atoms with Gasteiger partial charge in [-0.3, -0.25) is 4.79 Å². The lowest BCUT2D eigenvalue weighted by Crippen LogP contribution is -2.27. The summed E-state index contributed by atoms with van der Waals surface area (Å²) in [5, 5.41) is 11.9. The van der Waals surface area contributed by atoms with Gasteiger partial charge in [0.15, 0.2) is 0 Å². The highest BCUT2D eigenvalue weighted by Gasteiger charge is 2.16. The third kappa shape index (κ3) is 6.18. The number of nitrogens with two attached hydrogens (primary N) is 1. The maximum Gasteiger partial charge on any atom is 0.270 e. The number of thioether (sulfide) groups is 1. The summed E-state index contributed by atoms with van der Waals surface area (Å²) in [7, 11) is 3.99. The molecule has 0 saturated heterocycles. The van der Waals surface area contributed by atoms with E-state index in [1.54, 1.807) is 18.7 Å². The molecule has 0 saturated carbocycles. The Hall–Kier alpha value is -2.70. The van der Waals surface area contributed by atoms with Crippen LogP contribution in [-0.4, -0.2) is 48.8 Å². The monoisotopic (exact) mass is 403 g/mol. The molecule has 0 spiro atoms. The molecule has 0 aliphatic carbocycles. The molecule has 2 aromatic rings. The number of nitrogen functional groups attached to an aromatic ring is 1. The van der Waals surface area contributed by atoms with Crippen LogP contribution in [0, 0.1) is 11.3 Å². The smallest absolute Gasteiger partial charge is 0.270 e. The average molecular weight is 404 g/mol. The number of rotatable bonds is 10. The van der Waals surface area contributed by atoms with Crippen molar-refractivity contribution >= 4 is 23.4 Å². The Kier molecular flexibility index (Phi) is 8.17. The van der Waals surface area contributed by atoms with Gasteiger partial charge in [-0.15, -0.1) is 0 Å². The molecule has 0 atom stereocenters. The lowest BCUT2D eigenvalue weighted by Gasteiger charge is -2.10. The van der Waals surface area contributed by atoms with Gasteiger partial charge >= 0.3 is 0 Å². The van der Waals surface area contributed by atoms with Crippen LogP contribution in [0.4, 0.5) is 5.69 Å². The number of anilines is 1. The second-order valence-electron chi connectivity index (χ2n) is 6.24. The molecule has 28 heavy (non-hydrogen) atoms. The van der Waals surface area contributed by atoms with E-state index in [0.717, 1.165) is 29.6 Å². The van der Waals surface area contributed by atoms with E-state index in [2.05, 4.69) is 10.3 Å². The third-order valence-electron chi connectivity index (χ3n) is 3.61. The first-order valence-electron chi connectivity index (χ1n) is 8.86. The van der Waals surface area contributed by atoms with Crippen molar-refractivity contribution in [3.63, 3.8) is 0 Å². The minimum absolute atomic E-state index is 0.0795. The molecule has 2 rings (SSSR count). The van der Waals surface area contributed by atoms with Gasteiger partial charge in [0.1, 0.15) is 28.8 Å². The maximum atomic E-state index is 12.3. The number of carbonyl (C=O) groups excluding carboxylic acids is 1. The van der Waals surface area contributed by atoms with Gasteiger partial charge in [-0.2, -0.15) is 17.0 Å². The van der Waals surface area contributed by atoms with Crippen LogP contribution in [0.5, 0.6) is 5.88 Å². The fraction of sp³-hybridized carbons (Fsp3) is 0.421. The number of carbonyl (C=O) groups is 1. The highest BCUT2D eigenvalue weighted by Crippen LogP contribution is 2.22. The molecule has 2 aromatic heterocycles. The topological polar surface area (TPSA) is 117 Å². The van der Waals surface area contributed by atoms with E-state index in [1.165, 1.54) is 6.07 Å². The van der Waals surface area contributed by atoms with Crippen LogP contribution in [0.3, 0.4) is 0 Å². The normalized spacial score (nSPS) is 10.7. The Balaban J connectivity index is 1.81. The van der Waals surface area contributed by atoms with E-state index in [1.807, 2.05) is 37.2 Å². The quantitative estimate of drug-likeness (QED) is 0.580. The number of nitrogens with one attached hydrogen (secondary N) is 1. The zero-order valence-corrected chi connectivity index (χ0v) is 17.1. The number of aromatic nitrogens is 1. The molecule has 150 valence electrons. The molecule has 0 fully saturated rings. The van der Waals surface area contributed by atoms with Crippen molar-refractivity contribution in [2.45, 2.75) is 19.2 Å². The number of pyridine rings is 1. The fourth-order valence-electron chi connectivity index (χ4n) is 2.41. The molecule has 0 aromatic carbocycles. The number of ether oxygens (including phenoxy) is 1. The summed E-state index contributed by atoms with van der Waals surface area (Å²) >= 11 is 1.66. The lowest BCUT2D eigenvalue weighted by atomic mass is 10.2. The Morgan fingerprint density at radius 1 is 1.43 bits per heavy atom. The number of nitrogens with zero attached hydrogens (tertiary/aromatic N) is 3. The maximum absolute atomic E-state index is 12.3. The van der Waals surface area contributed by atoms with Crippen molar-refractivity contribution in [2.75, 3.05) is 38.7 Å². The zero-order valence-electron chi connectivity index (χ0n) is 16.3. The molecular weight excluding hydrogens is 378 g/mol. The molecule has 9 heteroatoms. The van der Waals surface area contributed by atoms with Crippen LogP contribution in [0.25, 0.3) is 0 Å². The van der Waals surface area contributed by atoms with Crippen LogP contribution in [0.1, 0.15) is 34.5 Å². The van der Waals surface area contributed by atoms with Crippen LogP contribution in [0.15, 0.2) is 22.6 Å². The van der Waals surface area contributed by atoms with Gasteiger partial charge in [-0.05, 0) is 39.2 Å². The fourth-order valence-corrected chi connectivity index (χ4v) is 3.15. The molecule has 1 amide bonds. The van der Waals surface area contributed by atoms with Gasteiger partial charge in [-0.1, -0.05) is 0 Å². The van der Waals surface area contributed by atoms with Gasteiger partial charge in [-0.25, -0.2) is 4.98 Å². The summed E-state index contributed by atoms with van der Waals surface area (Å²) in [6, 6.07) is 7.29. The molecule has 0 bridgehead atoms. The Bertz CT molecular complexity index is 845. The average Bonchev–Trinajstić information content (AvgIpc) is 3.07. The molecule has 0 aliphatic heterocycles. The van der Waals surface area contributed by atoms with E-state index < -0.39 is 0 Å². The van der Waals surface area contributed by atoms with Crippen LogP contribution in [0.2, 0.25) is 0 Å². The van der Waals surface area contributed by atoms with Gasteiger partial charge < -0.3 is 25.1 Å². The van der Waals surface area contributed by atoms with Crippen LogP contribution >= 0.6 is 11.8 Å². The van der Waals surface area contributed by atoms with Crippen LogP contribution < -0.4 is 15.8 Å². The van der Waals surface area contributed by atoms with Crippen molar-refractivity contribution in [3.05, 3.63) is 41.0 Å². The molecular formula is C19H25N5O3S. The predicted molar refractivity (Wildman–Crippen MR) is 109 cm³/mol. The molecule has 0 radical (unpaired) electrons. The highest BCUT2D eigenvalue weighted by molar-refractivity contribution is 7.98. The van der Waals surface area contributed by atoms with E-state index >= 15 is 0 Å². The zero-order chi connectivity index (χ0) is 20.5. The number of hydrogen-bond acceptors (Lipinski definition) is 8. The summed E-state index contributed by atoms with van der Waals surface area (Å²) in [6.45, 7) is 3.34. The highest BCUT2D eigenvalue weighted by atomic mass is 32.2. The van der Waals surface area contributed by atoms with Gasteiger partial charge in [0.2, 0.25) is 5.88 Å². The van der Waals surface area contributed by atoms with Crippen molar-refractivity contribution < 1.29 is 13.9 Å². The lowest BCUT2D eigenvalue weighted by molar-refractivity contribution is 0.0950. The summed E-state index contributed by atoms with van der Waals surface area (Å²) in [6.07, 6.45) is 0. The predicted octanol–water partition coefficient (Wildman–Crippen LogP) is 2.25. The first-order valence-corrected chi connectivity index (χ1v) is 10.0. The number of nitriles is 1. The van der Waals surface area contributed by atoms with Crippen molar-refractivity contribution in [3.8, 4) is 11.9 Å². The van der Waals surface area contributed by atoms with Crippen molar-refractivity contribution in [2.24, 2.45) is 0 Å². The molecule has 8 nitrogen and oxygen atoms in total. The molecule has 0 aliphatic rings. The summed E-state index contributed by atoms with van der Waals surface area (Å²) in [5.74, 6) is 3.03. The summed E-state index contributed by atoms with van der Waals surface area (Å²) in [4.78, 5) is 18.4. The Morgan fingerprint density at radius 3 is 2.86 bits per heavy atom. The minimum Gasteiger partial charge on any atom is -0.477 e. The molecule has 3 N–H and O–H groups in total. The third-order valence-corrected chi connectivity index (χ3v) is 4.59. The minimum atomic E-state index is -0.357. The van der Waals surface area contributed by atoms with Crippen molar-refractivity contribution in [1.29, 1.82) is 5.26 Å². The van der Waals surface area contributed by atoms with Gasteiger partial charge in [0.25, 0.3) is 5.91 Å². The van der Waals surface area contributed by atoms with E-state index in [4.69, 9.17) is 20.1 Å². The van der Waals surface area contributed by atoms with E-state index in [0.29, 0.717) is 13.2 Å². The Morgan fingerprint density at radius 2 is 2.18 bits per heavy atom. The first kappa shape index (κ1) is 21.6. The standard InChI is InChI=1S/C19H25N5O3S/c1-4-26-19-15(10-20)16(21)9-17(23-19)18(25)22-7-8-28-12-14-6-5-13(27-14)11-24(2)3/h5-6,9H,4,7-8,11-12H2,1-3H3,(H2,21,23)(H,22,25). The number of furan rings is 1. The second-order valence-corrected chi connectivity index (χ2v) is 7.34. The van der Waals surface area contributed by atoms with Gasteiger partial charge in [0.05, 0.1) is 24.6 Å². The van der Waals surface area contributed by atoms with Crippen molar-refractivity contribution in [1.82, 2.24) is 15.2 Å². The summed E-state index contributed by atoms with van der Waals surface area (Å²) in [5.41, 5.74) is 6.28. The number of hydrogen-bond donors (Lipinski definition) is 2. The SMILES string of the molecule is CCOc1nc(C(=O)NCCSCc2ccc(CN(C)C)o2)cc(N)c1C#N. The second kappa shape index (κ2) is 10.6. The number of amides is 1. The first-order chi connectivity index (χ1) is 13.4. The van der Waals surface area contributed by atoms with E-state index in [-0.39, 0.29) is 28.7 Å². The van der Waals surface area contributed by atoms with E-state index in [9.17, 15) is 4.79 Å². The molecule has 0 unspecified atom stereocenters. The van der Waals surface area contributed by atoms with Gasteiger partial charge in [0, 0.05) is 12.3 Å². The molecule has 2 heterocycles. The largest absolute Gasteiger partial charge is 0.477 e. The Labute approximate surface area is 169 Å². The summed E-state index contributed by atoms with van der Waals surface area (Å²) < 4.78 is 11.1.